The maximum absolute atomic E-state index is 12.2. The summed E-state index contributed by atoms with van der Waals surface area (Å²) >= 11 is 0. The van der Waals surface area contributed by atoms with Crippen LogP contribution in [0.25, 0.3) is 10.4 Å². The Hall–Kier alpha value is -2.87. The van der Waals surface area contributed by atoms with E-state index in [4.69, 9.17) is 10.3 Å². The van der Waals surface area contributed by atoms with Gasteiger partial charge >= 0.3 is 5.69 Å². The molecule has 3 atom stereocenters. The molecule has 1 aromatic heterocycles. The zero-order valence-corrected chi connectivity index (χ0v) is 13.3. The first-order valence-corrected chi connectivity index (χ1v) is 7.81. The number of nitrogens with one attached hydrogen (secondary N) is 1. The van der Waals surface area contributed by atoms with Gasteiger partial charge in [-0.3, -0.25) is 14.3 Å². The van der Waals surface area contributed by atoms with Crippen molar-refractivity contribution in [2.45, 2.75) is 31.2 Å². The van der Waals surface area contributed by atoms with Gasteiger partial charge in [-0.1, -0.05) is 35.4 Å². The van der Waals surface area contributed by atoms with Crippen molar-refractivity contribution < 1.29 is 9.84 Å². The van der Waals surface area contributed by atoms with Crippen LogP contribution >= 0.6 is 0 Å². The van der Waals surface area contributed by atoms with Gasteiger partial charge in [0.05, 0.1) is 18.8 Å². The van der Waals surface area contributed by atoms with Crippen molar-refractivity contribution in [3.05, 3.63) is 78.9 Å². The molecule has 2 heterocycles. The summed E-state index contributed by atoms with van der Waals surface area (Å²) in [6.45, 7) is -0.324. The summed E-state index contributed by atoms with van der Waals surface area (Å²) in [5, 5.41) is 12.9. The van der Waals surface area contributed by atoms with Crippen LogP contribution in [0, 0.1) is 0 Å². The molecule has 25 heavy (non-hydrogen) atoms. The van der Waals surface area contributed by atoms with E-state index < -0.39 is 29.6 Å². The number of rotatable bonds is 5. The Balaban J connectivity index is 1.92. The molecule has 0 bridgehead atoms. The van der Waals surface area contributed by atoms with Crippen LogP contribution in [0.1, 0.15) is 23.8 Å². The van der Waals surface area contributed by atoms with Crippen LogP contribution in [0.5, 0.6) is 0 Å². The van der Waals surface area contributed by atoms with E-state index in [9.17, 15) is 14.7 Å². The molecule has 0 amide bonds. The molecule has 0 unspecified atom stereocenters. The molecule has 3 rings (SSSR count). The fourth-order valence-corrected chi connectivity index (χ4v) is 2.92. The van der Waals surface area contributed by atoms with Crippen molar-refractivity contribution in [3.63, 3.8) is 0 Å². The summed E-state index contributed by atoms with van der Waals surface area (Å²) < 4.78 is 6.89. The lowest BCUT2D eigenvalue weighted by Crippen LogP contribution is -2.34. The Morgan fingerprint density at radius 2 is 2.12 bits per heavy atom. The van der Waals surface area contributed by atoms with E-state index in [-0.39, 0.29) is 13.0 Å². The smallest absolute Gasteiger partial charge is 0.330 e. The SMILES string of the molecule is [N-]=[N+]=N[C@@H]1C[C@H](n2cc(Cc3ccccc3)c(=O)[nH]c2=O)O[C@@H]1CO. The number of aromatic nitrogens is 2. The number of benzene rings is 1. The summed E-state index contributed by atoms with van der Waals surface area (Å²) in [4.78, 5) is 29.3. The van der Waals surface area contributed by atoms with Crippen LogP contribution in [0.15, 0.2) is 51.2 Å². The molecule has 1 aliphatic heterocycles. The van der Waals surface area contributed by atoms with Gasteiger partial charge in [0, 0.05) is 29.5 Å². The van der Waals surface area contributed by atoms with E-state index in [1.807, 2.05) is 30.3 Å². The minimum Gasteiger partial charge on any atom is -0.394 e. The van der Waals surface area contributed by atoms with E-state index in [1.165, 1.54) is 10.8 Å². The molecular weight excluding hydrogens is 326 g/mol. The highest BCUT2D eigenvalue weighted by Crippen LogP contribution is 2.29. The van der Waals surface area contributed by atoms with Gasteiger partial charge < -0.3 is 9.84 Å². The highest BCUT2D eigenvalue weighted by atomic mass is 16.5. The van der Waals surface area contributed by atoms with Crippen molar-refractivity contribution >= 4 is 0 Å². The van der Waals surface area contributed by atoms with Crippen LogP contribution in [0.3, 0.4) is 0 Å². The van der Waals surface area contributed by atoms with E-state index in [2.05, 4.69) is 15.0 Å². The zero-order chi connectivity index (χ0) is 17.8. The Morgan fingerprint density at radius 3 is 2.80 bits per heavy atom. The van der Waals surface area contributed by atoms with Crippen LogP contribution in [0.2, 0.25) is 0 Å². The fraction of sp³-hybridized carbons (Fsp3) is 0.375. The van der Waals surface area contributed by atoms with Crippen molar-refractivity contribution in [1.82, 2.24) is 9.55 Å². The highest BCUT2D eigenvalue weighted by molar-refractivity contribution is 5.22. The lowest BCUT2D eigenvalue weighted by atomic mass is 10.1. The van der Waals surface area contributed by atoms with Crippen molar-refractivity contribution in [1.29, 1.82) is 0 Å². The monoisotopic (exact) mass is 343 g/mol. The lowest BCUT2D eigenvalue weighted by Gasteiger charge is -2.15. The molecule has 1 fully saturated rings. The van der Waals surface area contributed by atoms with Gasteiger partial charge in [-0.15, -0.1) is 0 Å². The Kier molecular flexibility index (Phi) is 4.99. The predicted molar refractivity (Wildman–Crippen MR) is 89.1 cm³/mol. The first-order valence-electron chi connectivity index (χ1n) is 7.81. The summed E-state index contributed by atoms with van der Waals surface area (Å²) in [6, 6.07) is 8.83. The molecule has 0 saturated carbocycles. The Morgan fingerprint density at radius 1 is 1.36 bits per heavy atom. The largest absolute Gasteiger partial charge is 0.394 e. The summed E-state index contributed by atoms with van der Waals surface area (Å²) in [7, 11) is 0. The highest BCUT2D eigenvalue weighted by Gasteiger charge is 2.35. The maximum atomic E-state index is 12.2. The average molecular weight is 343 g/mol. The molecular formula is C16H17N5O4. The predicted octanol–water partition coefficient (Wildman–Crippen LogP) is 1.09. The van der Waals surface area contributed by atoms with E-state index in [0.717, 1.165) is 5.56 Å². The standard InChI is InChI=1S/C16H17N5O4/c17-20-19-12-7-14(25-13(12)9-22)21-8-11(15(23)18-16(21)24)6-10-4-2-1-3-5-10/h1-5,8,12-14,22H,6-7,9H2,(H,18,23,24)/t12-,13-,14-/m1/s1. The topological polar surface area (TPSA) is 133 Å². The van der Waals surface area contributed by atoms with E-state index >= 15 is 0 Å². The summed E-state index contributed by atoms with van der Waals surface area (Å²) in [5.41, 5.74) is 8.90. The van der Waals surface area contributed by atoms with Gasteiger partial charge in [-0.25, -0.2) is 4.79 Å². The van der Waals surface area contributed by atoms with E-state index in [1.54, 1.807) is 0 Å². The lowest BCUT2D eigenvalue weighted by molar-refractivity contribution is -0.0271. The van der Waals surface area contributed by atoms with Crippen molar-refractivity contribution in [3.8, 4) is 0 Å². The first-order chi connectivity index (χ1) is 12.1. The minimum atomic E-state index is -0.716. The van der Waals surface area contributed by atoms with Crippen molar-refractivity contribution in [2.24, 2.45) is 5.11 Å². The fourth-order valence-electron chi connectivity index (χ4n) is 2.92. The third kappa shape index (κ3) is 3.63. The number of hydrogen-bond donors (Lipinski definition) is 2. The molecule has 0 aliphatic carbocycles. The molecule has 2 N–H and O–H groups in total. The molecule has 0 spiro atoms. The van der Waals surface area contributed by atoms with Crippen molar-refractivity contribution in [2.75, 3.05) is 6.61 Å². The number of aliphatic hydroxyl groups is 1. The van der Waals surface area contributed by atoms with E-state index in [0.29, 0.717) is 12.0 Å². The second-order valence-electron chi connectivity index (χ2n) is 5.80. The van der Waals surface area contributed by atoms with Gasteiger partial charge in [-0.2, -0.15) is 0 Å². The molecule has 9 heteroatoms. The Bertz CT molecular complexity index is 901. The number of aromatic amines is 1. The minimum absolute atomic E-state index is 0.242. The number of H-pyrrole nitrogens is 1. The maximum Gasteiger partial charge on any atom is 0.330 e. The summed E-state index contributed by atoms with van der Waals surface area (Å²) in [6.07, 6.45) is 0.674. The first kappa shape index (κ1) is 17.0. The molecule has 9 nitrogen and oxygen atoms in total. The molecule has 130 valence electrons. The van der Waals surface area contributed by atoms with Crippen LogP contribution in [-0.4, -0.2) is 33.4 Å². The zero-order valence-electron chi connectivity index (χ0n) is 13.3. The normalized spacial score (nSPS) is 22.5. The second-order valence-corrected chi connectivity index (χ2v) is 5.80. The Labute approximate surface area is 142 Å². The number of nitrogens with zero attached hydrogens (tertiary/aromatic N) is 4. The van der Waals surface area contributed by atoms with Gasteiger partial charge in [0.2, 0.25) is 0 Å². The van der Waals surface area contributed by atoms with Crippen LogP contribution in [0.4, 0.5) is 0 Å². The number of azide groups is 1. The third-order valence-corrected chi connectivity index (χ3v) is 4.17. The summed E-state index contributed by atoms with van der Waals surface area (Å²) in [5.74, 6) is 0. The number of ether oxygens (including phenoxy) is 1. The van der Waals surface area contributed by atoms with Gasteiger partial charge in [0.15, 0.2) is 0 Å². The molecule has 1 saturated heterocycles. The third-order valence-electron chi connectivity index (χ3n) is 4.17. The average Bonchev–Trinajstić information content (AvgIpc) is 3.01. The van der Waals surface area contributed by atoms with Gasteiger partial charge in [-0.05, 0) is 11.1 Å². The van der Waals surface area contributed by atoms with Gasteiger partial charge in [0.1, 0.15) is 6.23 Å². The number of hydrogen-bond acceptors (Lipinski definition) is 5. The van der Waals surface area contributed by atoms with Gasteiger partial charge in [0.25, 0.3) is 5.56 Å². The van der Waals surface area contributed by atoms with Crippen LogP contribution in [-0.2, 0) is 11.2 Å². The quantitative estimate of drug-likeness (QED) is 0.477. The number of aliphatic hydroxyl groups excluding tert-OH is 1. The molecule has 2 aromatic rings. The van der Waals surface area contributed by atoms with Crippen LogP contribution < -0.4 is 11.2 Å². The molecule has 1 aliphatic rings. The molecule has 0 radical (unpaired) electrons. The second kappa shape index (κ2) is 7.35. The molecule has 1 aromatic carbocycles.